The van der Waals surface area contributed by atoms with Crippen molar-refractivity contribution in [3.05, 3.63) is 54.7 Å². The van der Waals surface area contributed by atoms with Gasteiger partial charge in [-0.25, -0.2) is 9.97 Å². The fourth-order valence-electron chi connectivity index (χ4n) is 3.00. The van der Waals surface area contributed by atoms with Crippen LogP contribution in [-0.2, 0) is 0 Å². The second kappa shape index (κ2) is 7.66. The quantitative estimate of drug-likeness (QED) is 0.411. The molecule has 5 N–H and O–H groups in total. The first-order valence-electron chi connectivity index (χ1n) is 9.25. The largest absolute Gasteiger partial charge is 0.507 e. The second-order valence-corrected chi connectivity index (χ2v) is 6.66. The molecule has 0 spiro atoms. The maximum Gasteiger partial charge on any atom is 0.165 e. The Labute approximate surface area is 162 Å². The molecule has 0 saturated heterocycles. The molecule has 4 aromatic rings. The first kappa shape index (κ1) is 17.9. The summed E-state index contributed by atoms with van der Waals surface area (Å²) in [5, 5.41) is 21.6. The van der Waals surface area contributed by atoms with Crippen LogP contribution in [0.4, 0.5) is 5.82 Å². The number of nitrogens with two attached hydrogens (primary N) is 1. The van der Waals surface area contributed by atoms with Crippen molar-refractivity contribution in [2.24, 2.45) is 5.73 Å². The molecule has 0 aliphatic heterocycles. The number of H-pyrrole nitrogens is 1. The van der Waals surface area contributed by atoms with Crippen LogP contribution in [0.3, 0.4) is 0 Å². The third kappa shape index (κ3) is 3.52. The molecule has 0 amide bonds. The lowest BCUT2D eigenvalue weighted by molar-refractivity contribution is 0.477. The van der Waals surface area contributed by atoms with Crippen molar-refractivity contribution >= 4 is 16.7 Å². The maximum absolute atomic E-state index is 10.5. The van der Waals surface area contributed by atoms with E-state index in [0.717, 1.165) is 28.6 Å². The molecule has 2 aromatic carbocycles. The van der Waals surface area contributed by atoms with Crippen LogP contribution in [0, 0.1) is 0 Å². The van der Waals surface area contributed by atoms with Crippen LogP contribution in [0.15, 0.2) is 54.7 Å². The highest BCUT2D eigenvalue weighted by molar-refractivity contribution is 5.91. The summed E-state index contributed by atoms with van der Waals surface area (Å²) in [5.74, 6) is 1.27. The van der Waals surface area contributed by atoms with Crippen LogP contribution in [0.1, 0.15) is 13.3 Å². The number of nitrogens with zero attached hydrogens (tertiary/aromatic N) is 3. The minimum Gasteiger partial charge on any atom is -0.507 e. The SMILES string of the molecule is CCC(N)CNc1nc(-c2cc(-c3ccn[nH]3)ccc2O)nc2ccccc12. The molecule has 7 nitrogen and oxygen atoms in total. The normalized spacial score (nSPS) is 12.2. The van der Waals surface area contributed by atoms with Gasteiger partial charge in [-0.1, -0.05) is 19.1 Å². The van der Waals surface area contributed by atoms with Crippen molar-refractivity contribution in [2.45, 2.75) is 19.4 Å². The van der Waals surface area contributed by atoms with E-state index in [9.17, 15) is 5.11 Å². The number of fused-ring (bicyclic) bond motifs is 1. The Balaban J connectivity index is 1.81. The molecule has 7 heteroatoms. The molecule has 2 heterocycles. The number of para-hydroxylation sites is 1. The summed E-state index contributed by atoms with van der Waals surface area (Å²) in [6.45, 7) is 2.66. The number of nitrogens with one attached hydrogen (secondary N) is 2. The Morgan fingerprint density at radius 2 is 2.00 bits per heavy atom. The highest BCUT2D eigenvalue weighted by Gasteiger charge is 2.14. The second-order valence-electron chi connectivity index (χ2n) is 6.66. The van der Waals surface area contributed by atoms with E-state index in [0.29, 0.717) is 23.8 Å². The van der Waals surface area contributed by atoms with E-state index in [1.165, 1.54) is 0 Å². The average molecular weight is 374 g/mol. The third-order valence-corrected chi connectivity index (χ3v) is 4.71. The van der Waals surface area contributed by atoms with Gasteiger partial charge in [0.15, 0.2) is 5.82 Å². The Morgan fingerprint density at radius 1 is 1.14 bits per heavy atom. The van der Waals surface area contributed by atoms with Gasteiger partial charge in [-0.15, -0.1) is 0 Å². The topological polar surface area (TPSA) is 113 Å². The summed E-state index contributed by atoms with van der Waals surface area (Å²) >= 11 is 0. The number of anilines is 1. The van der Waals surface area contributed by atoms with Gasteiger partial charge in [0.2, 0.25) is 0 Å². The smallest absolute Gasteiger partial charge is 0.165 e. The first-order valence-corrected chi connectivity index (χ1v) is 9.25. The number of phenols is 1. The third-order valence-electron chi connectivity index (χ3n) is 4.71. The lowest BCUT2D eigenvalue weighted by Crippen LogP contribution is -2.28. The molecule has 142 valence electrons. The molecular weight excluding hydrogens is 352 g/mol. The van der Waals surface area contributed by atoms with Crippen molar-refractivity contribution in [1.82, 2.24) is 20.2 Å². The van der Waals surface area contributed by atoms with Crippen LogP contribution in [0.25, 0.3) is 33.5 Å². The minimum absolute atomic E-state index is 0.0364. The van der Waals surface area contributed by atoms with Gasteiger partial charge in [0.25, 0.3) is 0 Å². The molecule has 0 saturated carbocycles. The predicted molar refractivity (Wildman–Crippen MR) is 111 cm³/mol. The predicted octanol–water partition coefficient (Wildman–Crippen LogP) is 3.54. The molecular formula is C21H22N6O. The number of aromatic nitrogens is 4. The Kier molecular flexibility index (Phi) is 4.90. The first-order chi connectivity index (χ1) is 13.7. The summed E-state index contributed by atoms with van der Waals surface area (Å²) in [6.07, 6.45) is 2.56. The van der Waals surface area contributed by atoms with Crippen LogP contribution in [-0.4, -0.2) is 37.9 Å². The lowest BCUT2D eigenvalue weighted by Gasteiger charge is -2.14. The van der Waals surface area contributed by atoms with Crippen LogP contribution >= 0.6 is 0 Å². The summed E-state index contributed by atoms with van der Waals surface area (Å²) < 4.78 is 0. The number of hydrogen-bond acceptors (Lipinski definition) is 6. The zero-order valence-electron chi connectivity index (χ0n) is 15.6. The van der Waals surface area contributed by atoms with E-state index < -0.39 is 0 Å². The lowest BCUT2D eigenvalue weighted by atomic mass is 10.1. The molecule has 0 bridgehead atoms. The van der Waals surface area contributed by atoms with Crippen LogP contribution < -0.4 is 11.1 Å². The standard InChI is InChI=1S/C21H22N6O/c1-2-14(22)12-23-20-15-5-3-4-6-18(15)25-21(26-20)16-11-13(7-8-19(16)28)17-9-10-24-27-17/h3-11,14,28H,2,12,22H2,1H3,(H,24,27)(H,23,25,26). The molecule has 0 radical (unpaired) electrons. The van der Waals surface area contributed by atoms with Crippen molar-refractivity contribution in [3.63, 3.8) is 0 Å². The van der Waals surface area contributed by atoms with Crippen LogP contribution in [0.2, 0.25) is 0 Å². The minimum atomic E-state index is 0.0364. The summed E-state index contributed by atoms with van der Waals surface area (Å²) in [7, 11) is 0. The zero-order chi connectivity index (χ0) is 19.5. The molecule has 0 aliphatic rings. The van der Waals surface area contributed by atoms with Gasteiger partial charge in [0.05, 0.1) is 16.8 Å². The number of rotatable bonds is 6. The highest BCUT2D eigenvalue weighted by Crippen LogP contribution is 2.33. The maximum atomic E-state index is 10.5. The van der Waals surface area contributed by atoms with Gasteiger partial charge in [0.1, 0.15) is 11.6 Å². The average Bonchev–Trinajstić information content (AvgIpc) is 3.26. The van der Waals surface area contributed by atoms with Crippen LogP contribution in [0.5, 0.6) is 5.75 Å². The van der Waals surface area contributed by atoms with Crippen molar-refractivity contribution in [3.8, 4) is 28.4 Å². The number of aromatic hydroxyl groups is 1. The molecule has 0 fully saturated rings. The summed E-state index contributed by atoms with van der Waals surface area (Å²) in [4.78, 5) is 9.37. The monoisotopic (exact) mass is 374 g/mol. The number of hydrogen-bond donors (Lipinski definition) is 4. The zero-order valence-corrected chi connectivity index (χ0v) is 15.6. The summed E-state index contributed by atoms with van der Waals surface area (Å²) in [5.41, 5.74) is 9.16. The van der Waals surface area contributed by atoms with E-state index in [1.807, 2.05) is 42.5 Å². The fourth-order valence-corrected chi connectivity index (χ4v) is 3.00. The molecule has 1 unspecified atom stereocenters. The molecule has 1 atom stereocenters. The summed E-state index contributed by atoms with van der Waals surface area (Å²) in [6, 6.07) is 15.0. The number of aromatic amines is 1. The fraction of sp³-hybridized carbons (Fsp3) is 0.190. The Bertz CT molecular complexity index is 1090. The highest BCUT2D eigenvalue weighted by atomic mass is 16.3. The van der Waals surface area contributed by atoms with Crippen molar-refractivity contribution in [2.75, 3.05) is 11.9 Å². The molecule has 28 heavy (non-hydrogen) atoms. The van der Waals surface area contributed by atoms with Gasteiger partial charge >= 0.3 is 0 Å². The van der Waals surface area contributed by atoms with Gasteiger partial charge in [-0.05, 0) is 42.8 Å². The molecule has 0 aliphatic carbocycles. The molecule has 2 aromatic heterocycles. The van der Waals surface area contributed by atoms with E-state index in [1.54, 1.807) is 12.3 Å². The Hall–Kier alpha value is -3.45. The van der Waals surface area contributed by atoms with E-state index >= 15 is 0 Å². The van der Waals surface area contributed by atoms with E-state index in [-0.39, 0.29) is 11.8 Å². The van der Waals surface area contributed by atoms with E-state index in [2.05, 4.69) is 27.4 Å². The van der Waals surface area contributed by atoms with Gasteiger partial charge in [-0.3, -0.25) is 5.10 Å². The Morgan fingerprint density at radius 3 is 2.79 bits per heavy atom. The van der Waals surface area contributed by atoms with Crippen molar-refractivity contribution < 1.29 is 5.11 Å². The van der Waals surface area contributed by atoms with E-state index in [4.69, 9.17) is 10.7 Å². The van der Waals surface area contributed by atoms with Crippen molar-refractivity contribution in [1.29, 1.82) is 0 Å². The number of benzene rings is 2. The number of phenolic OH excluding ortho intramolecular Hbond substituents is 1. The molecule has 4 rings (SSSR count). The van der Waals surface area contributed by atoms with Gasteiger partial charge in [-0.2, -0.15) is 5.10 Å². The van der Waals surface area contributed by atoms with Gasteiger partial charge < -0.3 is 16.2 Å². The van der Waals surface area contributed by atoms with Gasteiger partial charge in [0, 0.05) is 29.7 Å².